The van der Waals surface area contributed by atoms with E-state index < -0.39 is 17.8 Å². The van der Waals surface area contributed by atoms with Gasteiger partial charge < -0.3 is 10.1 Å². The second-order valence-corrected chi connectivity index (χ2v) is 7.94. The molecule has 1 aromatic heterocycles. The molecule has 4 nitrogen and oxygen atoms in total. The van der Waals surface area contributed by atoms with E-state index >= 15 is 0 Å². The molecular formula is C21H18ClF3N2O2S. The van der Waals surface area contributed by atoms with Crippen LogP contribution in [0.3, 0.4) is 0 Å². The Morgan fingerprint density at radius 3 is 2.67 bits per heavy atom. The molecule has 0 bridgehead atoms. The molecule has 0 fully saturated rings. The zero-order valence-electron chi connectivity index (χ0n) is 15.9. The Kier molecular flexibility index (Phi) is 6.99. The molecule has 0 aliphatic heterocycles. The topological polar surface area (TPSA) is 51.2 Å². The van der Waals surface area contributed by atoms with Gasteiger partial charge in [-0.2, -0.15) is 13.2 Å². The fourth-order valence-corrected chi connectivity index (χ4v) is 3.53. The summed E-state index contributed by atoms with van der Waals surface area (Å²) in [6.07, 6.45) is -4.40. The van der Waals surface area contributed by atoms with Gasteiger partial charge in [0.2, 0.25) is 5.91 Å². The minimum Gasteiger partial charge on any atom is -0.486 e. The first-order chi connectivity index (χ1) is 14.2. The van der Waals surface area contributed by atoms with Crippen molar-refractivity contribution in [2.75, 3.05) is 0 Å². The van der Waals surface area contributed by atoms with E-state index in [2.05, 4.69) is 10.3 Å². The summed E-state index contributed by atoms with van der Waals surface area (Å²) in [7, 11) is 0. The van der Waals surface area contributed by atoms with Crippen molar-refractivity contribution < 1.29 is 22.7 Å². The fourth-order valence-electron chi connectivity index (χ4n) is 2.70. The summed E-state index contributed by atoms with van der Waals surface area (Å²) >= 11 is 7.20. The van der Waals surface area contributed by atoms with Gasteiger partial charge in [0.15, 0.2) is 0 Å². The molecular weight excluding hydrogens is 437 g/mol. The number of carbonyl (C=O) groups is 1. The van der Waals surface area contributed by atoms with Crippen LogP contribution >= 0.6 is 22.9 Å². The summed E-state index contributed by atoms with van der Waals surface area (Å²) in [6.45, 7) is 1.90. The number of nitrogens with one attached hydrogen (secondary N) is 1. The van der Waals surface area contributed by atoms with Crippen molar-refractivity contribution >= 4 is 28.8 Å². The van der Waals surface area contributed by atoms with E-state index in [1.54, 1.807) is 42.6 Å². The molecule has 0 aliphatic carbocycles. The van der Waals surface area contributed by atoms with Crippen molar-refractivity contribution in [1.82, 2.24) is 10.3 Å². The molecule has 1 unspecified atom stereocenters. The number of ether oxygens (including phenoxy) is 1. The van der Waals surface area contributed by atoms with Crippen LogP contribution in [0.4, 0.5) is 13.2 Å². The van der Waals surface area contributed by atoms with Gasteiger partial charge in [-0.3, -0.25) is 4.79 Å². The first-order valence-corrected chi connectivity index (χ1v) is 10.2. The van der Waals surface area contributed by atoms with Crippen molar-refractivity contribution in [2.45, 2.75) is 32.2 Å². The van der Waals surface area contributed by atoms with Crippen LogP contribution in [0.2, 0.25) is 5.02 Å². The number of thiazole rings is 1. The number of hydrogen-bond donors (Lipinski definition) is 1. The first-order valence-electron chi connectivity index (χ1n) is 8.99. The summed E-state index contributed by atoms with van der Waals surface area (Å²) in [4.78, 5) is 16.7. The lowest BCUT2D eigenvalue weighted by Crippen LogP contribution is -2.28. The Labute approximate surface area is 180 Å². The van der Waals surface area contributed by atoms with Gasteiger partial charge in [-0.05, 0) is 48.9 Å². The van der Waals surface area contributed by atoms with E-state index in [1.165, 1.54) is 17.4 Å². The van der Waals surface area contributed by atoms with E-state index in [0.29, 0.717) is 27.0 Å². The number of aromatic nitrogens is 1. The summed E-state index contributed by atoms with van der Waals surface area (Å²) in [5, 5.41) is 5.79. The maximum Gasteiger partial charge on any atom is 0.416 e. The van der Waals surface area contributed by atoms with Gasteiger partial charge in [0.1, 0.15) is 17.4 Å². The van der Waals surface area contributed by atoms with Crippen LogP contribution in [-0.2, 0) is 24.0 Å². The lowest BCUT2D eigenvalue weighted by Gasteiger charge is -2.16. The second kappa shape index (κ2) is 9.49. The molecule has 0 aliphatic rings. The molecule has 3 rings (SSSR count). The zero-order chi connectivity index (χ0) is 21.7. The molecule has 0 spiro atoms. The molecule has 30 heavy (non-hydrogen) atoms. The van der Waals surface area contributed by atoms with E-state index in [9.17, 15) is 18.0 Å². The SMILES string of the molecule is CC(NC(=O)Cc1csc(COc2ccc(Cl)cc2)n1)c1cccc(C(F)(F)F)c1. The molecule has 1 atom stereocenters. The molecule has 0 saturated heterocycles. The zero-order valence-corrected chi connectivity index (χ0v) is 17.4. The van der Waals surface area contributed by atoms with E-state index in [-0.39, 0.29) is 18.9 Å². The average molecular weight is 455 g/mol. The molecule has 1 N–H and O–H groups in total. The van der Waals surface area contributed by atoms with Crippen LogP contribution in [0.15, 0.2) is 53.9 Å². The van der Waals surface area contributed by atoms with Crippen LogP contribution in [0, 0.1) is 0 Å². The monoisotopic (exact) mass is 454 g/mol. The van der Waals surface area contributed by atoms with Crippen LogP contribution in [0.1, 0.15) is 34.8 Å². The van der Waals surface area contributed by atoms with Gasteiger partial charge in [-0.25, -0.2) is 4.98 Å². The van der Waals surface area contributed by atoms with Crippen molar-refractivity contribution in [3.63, 3.8) is 0 Å². The predicted octanol–water partition coefficient (Wildman–Crippen LogP) is 5.81. The standard InChI is InChI=1S/C21H18ClF3N2O2S/c1-13(14-3-2-4-15(9-14)21(23,24)25)26-19(28)10-17-12-30-20(27-17)11-29-18-7-5-16(22)6-8-18/h2-9,12-13H,10-11H2,1H3,(H,26,28). The van der Waals surface area contributed by atoms with E-state index in [0.717, 1.165) is 12.1 Å². The highest BCUT2D eigenvalue weighted by atomic mass is 35.5. The van der Waals surface area contributed by atoms with Crippen LogP contribution < -0.4 is 10.1 Å². The second-order valence-electron chi connectivity index (χ2n) is 6.56. The smallest absolute Gasteiger partial charge is 0.416 e. The quantitative estimate of drug-likeness (QED) is 0.490. The molecule has 1 heterocycles. The summed E-state index contributed by atoms with van der Waals surface area (Å²) in [6, 6.07) is 11.3. The van der Waals surface area contributed by atoms with Crippen molar-refractivity contribution in [2.24, 2.45) is 0 Å². The molecule has 0 radical (unpaired) electrons. The van der Waals surface area contributed by atoms with Gasteiger partial charge in [-0.15, -0.1) is 11.3 Å². The molecule has 158 valence electrons. The third-order valence-electron chi connectivity index (χ3n) is 4.21. The summed E-state index contributed by atoms with van der Waals surface area (Å²) in [5.74, 6) is 0.333. The lowest BCUT2D eigenvalue weighted by molar-refractivity contribution is -0.137. The number of amides is 1. The molecule has 3 aromatic rings. The van der Waals surface area contributed by atoms with Crippen LogP contribution in [0.5, 0.6) is 5.75 Å². The number of alkyl halides is 3. The molecule has 9 heteroatoms. The lowest BCUT2D eigenvalue weighted by atomic mass is 10.0. The Morgan fingerprint density at radius 2 is 1.97 bits per heavy atom. The number of nitrogens with zero attached hydrogens (tertiary/aromatic N) is 1. The highest BCUT2D eigenvalue weighted by Crippen LogP contribution is 2.30. The molecule has 2 aromatic carbocycles. The Morgan fingerprint density at radius 1 is 1.23 bits per heavy atom. The van der Waals surface area contributed by atoms with Gasteiger partial charge in [0, 0.05) is 10.4 Å². The number of hydrogen-bond acceptors (Lipinski definition) is 4. The third kappa shape index (κ3) is 6.21. The molecule has 0 saturated carbocycles. The Hall–Kier alpha value is -2.58. The Bertz CT molecular complexity index is 1010. The van der Waals surface area contributed by atoms with Gasteiger partial charge in [0.25, 0.3) is 0 Å². The number of halogens is 4. The number of rotatable bonds is 7. The van der Waals surface area contributed by atoms with Crippen molar-refractivity contribution in [3.8, 4) is 5.75 Å². The van der Waals surface area contributed by atoms with Crippen molar-refractivity contribution in [3.05, 3.63) is 80.8 Å². The Balaban J connectivity index is 1.53. The normalized spacial score (nSPS) is 12.4. The largest absolute Gasteiger partial charge is 0.486 e. The van der Waals surface area contributed by atoms with Crippen LogP contribution in [0.25, 0.3) is 0 Å². The highest BCUT2D eigenvalue weighted by molar-refractivity contribution is 7.09. The van der Waals surface area contributed by atoms with Gasteiger partial charge in [0.05, 0.1) is 23.7 Å². The van der Waals surface area contributed by atoms with E-state index in [1.807, 2.05) is 0 Å². The highest BCUT2D eigenvalue weighted by Gasteiger charge is 2.30. The van der Waals surface area contributed by atoms with Gasteiger partial charge >= 0.3 is 6.18 Å². The minimum atomic E-state index is -4.43. The van der Waals surface area contributed by atoms with Crippen molar-refractivity contribution in [1.29, 1.82) is 0 Å². The first kappa shape index (κ1) is 22.1. The van der Waals surface area contributed by atoms with E-state index in [4.69, 9.17) is 16.3 Å². The maximum absolute atomic E-state index is 12.9. The van der Waals surface area contributed by atoms with Crippen LogP contribution in [-0.4, -0.2) is 10.9 Å². The predicted molar refractivity (Wildman–Crippen MR) is 110 cm³/mol. The number of carbonyl (C=O) groups excluding carboxylic acids is 1. The minimum absolute atomic E-state index is 0.0285. The fraction of sp³-hybridized carbons (Fsp3) is 0.238. The summed E-state index contributed by atoms with van der Waals surface area (Å²) in [5.41, 5.74) is 0.211. The number of benzene rings is 2. The third-order valence-corrected chi connectivity index (χ3v) is 5.33. The maximum atomic E-state index is 12.9. The molecule has 1 amide bonds. The summed E-state index contributed by atoms with van der Waals surface area (Å²) < 4.78 is 44.2. The van der Waals surface area contributed by atoms with Gasteiger partial charge in [-0.1, -0.05) is 23.7 Å². The average Bonchev–Trinajstić information content (AvgIpc) is 3.14.